The Morgan fingerprint density at radius 3 is 2.82 bits per heavy atom. The Hall–Kier alpha value is -1.15. The molecule has 0 saturated carbocycles. The molecule has 1 amide bonds. The average Bonchev–Trinajstić information content (AvgIpc) is 2.74. The highest BCUT2D eigenvalue weighted by atomic mass is 32.1. The number of alkyl halides is 3. The van der Waals surface area contributed by atoms with Crippen molar-refractivity contribution in [3.8, 4) is 0 Å². The molecule has 8 heteroatoms. The summed E-state index contributed by atoms with van der Waals surface area (Å²) in [5.74, 6) is -0.674. The Balaban J connectivity index is 2.27. The summed E-state index contributed by atoms with van der Waals surface area (Å²) in [5.41, 5.74) is 1.64. The predicted molar refractivity (Wildman–Crippen MR) is 57.5 cm³/mol. The highest BCUT2D eigenvalue weighted by Gasteiger charge is 2.28. The maximum Gasteiger partial charge on any atom is 0.405 e. The molecule has 0 saturated heterocycles. The van der Waals surface area contributed by atoms with Gasteiger partial charge in [-0.1, -0.05) is 0 Å². The maximum absolute atomic E-state index is 11.8. The summed E-state index contributed by atoms with van der Waals surface area (Å²) in [6, 6.07) is -0.681. The van der Waals surface area contributed by atoms with Gasteiger partial charge in [0.15, 0.2) is 0 Å². The van der Waals surface area contributed by atoms with Crippen LogP contribution in [0.4, 0.5) is 13.2 Å². The zero-order valence-electron chi connectivity index (χ0n) is 9.04. The third kappa shape index (κ3) is 5.64. The van der Waals surface area contributed by atoms with Gasteiger partial charge in [-0.15, -0.1) is 11.3 Å². The number of amides is 1. The molecule has 1 heterocycles. The number of aromatic nitrogens is 1. The molecule has 96 valence electrons. The molecule has 1 unspecified atom stereocenters. The maximum atomic E-state index is 11.8. The largest absolute Gasteiger partial charge is 0.405 e. The Labute approximate surface area is 100 Å². The number of nitrogens with zero attached hydrogens (tertiary/aromatic N) is 1. The number of hydrogen-bond donors (Lipinski definition) is 2. The minimum absolute atomic E-state index is 0.408. The van der Waals surface area contributed by atoms with Gasteiger partial charge in [0, 0.05) is 17.6 Å². The van der Waals surface area contributed by atoms with Crippen LogP contribution in [0.5, 0.6) is 0 Å². The minimum Gasteiger partial charge on any atom is -0.346 e. The van der Waals surface area contributed by atoms with Crippen LogP contribution in [0.2, 0.25) is 0 Å². The number of carbonyl (C=O) groups is 1. The van der Waals surface area contributed by atoms with Crippen LogP contribution < -0.4 is 10.6 Å². The standard InChI is InChI=1S/C9H12F3N3OS/c1-6(8(16)15-4-9(10,11)12)14-3-7-2-13-5-17-7/h2,5-6,14H,3-4H2,1H3,(H,15,16). The summed E-state index contributed by atoms with van der Waals surface area (Å²) in [5, 5.41) is 4.63. The van der Waals surface area contributed by atoms with Crippen LogP contribution in [-0.2, 0) is 11.3 Å². The molecule has 4 nitrogen and oxygen atoms in total. The van der Waals surface area contributed by atoms with Gasteiger partial charge in [-0.3, -0.25) is 9.78 Å². The van der Waals surface area contributed by atoms with E-state index in [1.165, 1.54) is 18.3 Å². The van der Waals surface area contributed by atoms with Crippen LogP contribution in [0.25, 0.3) is 0 Å². The van der Waals surface area contributed by atoms with E-state index >= 15 is 0 Å². The fourth-order valence-corrected chi connectivity index (χ4v) is 1.56. The first kappa shape index (κ1) is 13.9. The molecular formula is C9H12F3N3OS. The summed E-state index contributed by atoms with van der Waals surface area (Å²) in [4.78, 5) is 16.0. The van der Waals surface area contributed by atoms with E-state index < -0.39 is 24.7 Å². The van der Waals surface area contributed by atoms with Crippen molar-refractivity contribution >= 4 is 17.2 Å². The molecule has 2 N–H and O–H groups in total. The van der Waals surface area contributed by atoms with Crippen molar-refractivity contribution in [2.75, 3.05) is 6.54 Å². The van der Waals surface area contributed by atoms with Crippen LogP contribution in [0.3, 0.4) is 0 Å². The van der Waals surface area contributed by atoms with Crippen molar-refractivity contribution in [1.29, 1.82) is 0 Å². The summed E-state index contributed by atoms with van der Waals surface area (Å²) in [6.45, 7) is 0.608. The lowest BCUT2D eigenvalue weighted by Crippen LogP contribution is -2.44. The second-order valence-corrected chi connectivity index (χ2v) is 4.37. The zero-order chi connectivity index (χ0) is 12.9. The Bertz CT molecular complexity index is 353. The van der Waals surface area contributed by atoms with Gasteiger partial charge in [-0.2, -0.15) is 13.2 Å². The van der Waals surface area contributed by atoms with Gasteiger partial charge in [-0.05, 0) is 6.92 Å². The highest BCUT2D eigenvalue weighted by Crippen LogP contribution is 2.12. The van der Waals surface area contributed by atoms with Crippen LogP contribution >= 0.6 is 11.3 Å². The third-order valence-corrected chi connectivity index (χ3v) is 2.70. The van der Waals surface area contributed by atoms with E-state index in [0.717, 1.165) is 4.88 Å². The van der Waals surface area contributed by atoms with E-state index in [1.807, 2.05) is 5.32 Å². The van der Waals surface area contributed by atoms with Crippen molar-refractivity contribution in [3.05, 3.63) is 16.6 Å². The van der Waals surface area contributed by atoms with Gasteiger partial charge in [0.2, 0.25) is 5.91 Å². The van der Waals surface area contributed by atoms with Crippen molar-refractivity contribution in [3.63, 3.8) is 0 Å². The van der Waals surface area contributed by atoms with Crippen molar-refractivity contribution in [1.82, 2.24) is 15.6 Å². The lowest BCUT2D eigenvalue weighted by Gasteiger charge is -2.14. The molecule has 0 spiro atoms. The van der Waals surface area contributed by atoms with Crippen LogP contribution in [0.15, 0.2) is 11.7 Å². The number of halogens is 3. The molecule has 0 aromatic carbocycles. The van der Waals surface area contributed by atoms with Crippen LogP contribution in [0, 0.1) is 0 Å². The van der Waals surface area contributed by atoms with Gasteiger partial charge in [0.25, 0.3) is 0 Å². The monoisotopic (exact) mass is 267 g/mol. The van der Waals surface area contributed by atoms with E-state index in [4.69, 9.17) is 0 Å². The lowest BCUT2D eigenvalue weighted by molar-refractivity contribution is -0.139. The van der Waals surface area contributed by atoms with E-state index in [2.05, 4.69) is 10.3 Å². The topological polar surface area (TPSA) is 54.0 Å². The molecule has 0 radical (unpaired) electrons. The third-order valence-electron chi connectivity index (χ3n) is 1.92. The van der Waals surface area contributed by atoms with Crippen LogP contribution in [-0.4, -0.2) is 29.7 Å². The van der Waals surface area contributed by atoms with Gasteiger partial charge >= 0.3 is 6.18 Å². The minimum atomic E-state index is -4.38. The average molecular weight is 267 g/mol. The molecule has 0 aliphatic rings. The van der Waals surface area contributed by atoms with Gasteiger partial charge in [0.05, 0.1) is 11.6 Å². The summed E-state index contributed by atoms with van der Waals surface area (Å²) < 4.78 is 35.5. The Kier molecular flexibility index (Phi) is 4.88. The number of nitrogens with one attached hydrogen (secondary N) is 2. The van der Waals surface area contributed by atoms with E-state index in [1.54, 1.807) is 11.7 Å². The second kappa shape index (κ2) is 5.97. The van der Waals surface area contributed by atoms with E-state index in [0.29, 0.717) is 6.54 Å². The van der Waals surface area contributed by atoms with Crippen molar-refractivity contribution < 1.29 is 18.0 Å². The van der Waals surface area contributed by atoms with E-state index in [-0.39, 0.29) is 0 Å². The van der Waals surface area contributed by atoms with E-state index in [9.17, 15) is 18.0 Å². The van der Waals surface area contributed by atoms with Gasteiger partial charge in [0.1, 0.15) is 6.54 Å². The molecule has 0 fully saturated rings. The fourth-order valence-electron chi connectivity index (χ4n) is 1.02. The summed E-state index contributed by atoms with van der Waals surface area (Å²) in [7, 11) is 0. The molecular weight excluding hydrogens is 255 g/mol. The first-order chi connectivity index (χ1) is 7.88. The second-order valence-electron chi connectivity index (χ2n) is 3.40. The summed E-state index contributed by atoms with van der Waals surface area (Å²) in [6.07, 6.45) is -2.74. The normalized spacial score (nSPS) is 13.4. The molecule has 1 aromatic heterocycles. The van der Waals surface area contributed by atoms with Crippen molar-refractivity contribution in [2.45, 2.75) is 25.7 Å². The summed E-state index contributed by atoms with van der Waals surface area (Å²) >= 11 is 1.41. The molecule has 0 aliphatic heterocycles. The molecule has 1 atom stereocenters. The predicted octanol–water partition coefficient (Wildman–Crippen LogP) is 1.30. The Morgan fingerprint density at radius 1 is 1.59 bits per heavy atom. The lowest BCUT2D eigenvalue weighted by atomic mass is 10.3. The first-order valence-corrected chi connectivity index (χ1v) is 5.71. The smallest absolute Gasteiger partial charge is 0.346 e. The van der Waals surface area contributed by atoms with Crippen LogP contribution in [0.1, 0.15) is 11.8 Å². The SMILES string of the molecule is CC(NCc1cncs1)C(=O)NCC(F)(F)F. The fraction of sp³-hybridized carbons (Fsp3) is 0.556. The van der Waals surface area contributed by atoms with Gasteiger partial charge < -0.3 is 10.6 Å². The Morgan fingerprint density at radius 2 is 2.29 bits per heavy atom. The van der Waals surface area contributed by atoms with Crippen molar-refractivity contribution in [2.24, 2.45) is 0 Å². The highest BCUT2D eigenvalue weighted by molar-refractivity contribution is 7.09. The number of thiazole rings is 1. The quantitative estimate of drug-likeness (QED) is 0.845. The molecule has 1 rings (SSSR count). The molecule has 0 aliphatic carbocycles. The molecule has 0 bridgehead atoms. The first-order valence-electron chi connectivity index (χ1n) is 4.83. The van der Waals surface area contributed by atoms with Gasteiger partial charge in [-0.25, -0.2) is 0 Å². The number of rotatable bonds is 5. The number of hydrogen-bond acceptors (Lipinski definition) is 4. The molecule has 1 aromatic rings. The number of carbonyl (C=O) groups excluding carboxylic acids is 1. The zero-order valence-corrected chi connectivity index (χ0v) is 9.86. The molecule has 17 heavy (non-hydrogen) atoms.